The Kier molecular flexibility index (Phi) is 6.30. The van der Waals surface area contributed by atoms with Crippen LogP contribution in [0.25, 0.3) is 0 Å². The lowest BCUT2D eigenvalue weighted by molar-refractivity contribution is 0.587. The third kappa shape index (κ3) is 5.46. The van der Waals surface area contributed by atoms with E-state index in [0.29, 0.717) is 12.0 Å². The van der Waals surface area contributed by atoms with Gasteiger partial charge in [-0.05, 0) is 31.9 Å². The van der Waals surface area contributed by atoms with Gasteiger partial charge in [-0.15, -0.1) is 5.73 Å². The zero-order chi connectivity index (χ0) is 10.3. The van der Waals surface area contributed by atoms with Crippen LogP contribution < -0.4 is 5.32 Å². The van der Waals surface area contributed by atoms with Gasteiger partial charge in [0, 0.05) is 6.04 Å². The van der Waals surface area contributed by atoms with E-state index in [0.717, 1.165) is 12.8 Å². The molecule has 0 heterocycles. The first-order valence-corrected chi connectivity index (χ1v) is 4.82. The second kappa shape index (κ2) is 6.71. The van der Waals surface area contributed by atoms with Crippen molar-refractivity contribution in [3.8, 4) is 0 Å². The molecule has 0 aliphatic rings. The highest BCUT2D eigenvalue weighted by atomic mass is 14.8. The molecule has 0 saturated heterocycles. The minimum absolute atomic E-state index is 0.382. The second-order valence-corrected chi connectivity index (χ2v) is 3.62. The van der Waals surface area contributed by atoms with E-state index in [1.165, 1.54) is 5.57 Å². The van der Waals surface area contributed by atoms with E-state index in [9.17, 15) is 0 Å². The Hall–Kier alpha value is -0.780. The minimum atomic E-state index is 0.382. The molecule has 74 valence electrons. The molecule has 0 aliphatic heterocycles. The summed E-state index contributed by atoms with van der Waals surface area (Å²) in [7, 11) is 1.96. The van der Waals surface area contributed by atoms with Crippen molar-refractivity contribution in [3.05, 3.63) is 30.5 Å². The van der Waals surface area contributed by atoms with Gasteiger partial charge in [-0.1, -0.05) is 32.6 Å². The number of hydrogen-bond acceptors (Lipinski definition) is 1. The van der Waals surface area contributed by atoms with Crippen LogP contribution in [0, 0.1) is 5.92 Å². The summed E-state index contributed by atoms with van der Waals surface area (Å²) in [6.45, 7) is 12.0. The third-order valence-electron chi connectivity index (χ3n) is 2.28. The fourth-order valence-electron chi connectivity index (χ4n) is 1.08. The molecule has 1 atom stereocenters. The molecule has 13 heavy (non-hydrogen) atoms. The largest absolute Gasteiger partial charge is 0.313 e. The zero-order valence-corrected chi connectivity index (χ0v) is 9.06. The lowest BCUT2D eigenvalue weighted by atomic mass is 9.98. The number of nitrogens with one attached hydrogen (secondary N) is 1. The maximum atomic E-state index is 4.04. The molecule has 0 rings (SSSR count). The highest BCUT2D eigenvalue weighted by Crippen LogP contribution is 2.14. The molecule has 0 aromatic rings. The van der Waals surface area contributed by atoms with E-state index in [1.54, 1.807) is 0 Å². The van der Waals surface area contributed by atoms with Crippen LogP contribution in [0.1, 0.15) is 26.7 Å². The summed E-state index contributed by atoms with van der Waals surface area (Å²) in [5.41, 5.74) is 4.12. The number of hydrogen-bond donors (Lipinski definition) is 1. The van der Waals surface area contributed by atoms with Crippen molar-refractivity contribution < 1.29 is 0 Å². The lowest BCUT2D eigenvalue weighted by Gasteiger charge is -2.13. The standard InChI is InChI=1S/C12H21N/c1-6-7-12(13-5)9-8-11(4)10(2)3/h7,10,12-13H,1,4,8-9H2,2-3,5H3. The summed E-state index contributed by atoms with van der Waals surface area (Å²) >= 11 is 0. The molecule has 0 radical (unpaired) electrons. The summed E-state index contributed by atoms with van der Waals surface area (Å²) in [6.07, 6.45) is 4.12. The normalized spacial score (nSPS) is 12.3. The fourth-order valence-corrected chi connectivity index (χ4v) is 1.08. The van der Waals surface area contributed by atoms with E-state index < -0.39 is 0 Å². The predicted molar refractivity (Wildman–Crippen MR) is 59.8 cm³/mol. The van der Waals surface area contributed by atoms with Gasteiger partial charge in [0.05, 0.1) is 0 Å². The van der Waals surface area contributed by atoms with Crippen LogP contribution in [-0.4, -0.2) is 13.1 Å². The maximum absolute atomic E-state index is 4.04. The molecule has 0 amide bonds. The predicted octanol–water partition coefficient (Wildman–Crippen LogP) is 2.91. The first kappa shape index (κ1) is 12.2. The number of rotatable bonds is 6. The van der Waals surface area contributed by atoms with Crippen molar-refractivity contribution in [2.24, 2.45) is 5.92 Å². The quantitative estimate of drug-likeness (QED) is 0.488. The molecule has 1 heteroatoms. The Bertz CT molecular complexity index is 197. The van der Waals surface area contributed by atoms with E-state index in [1.807, 2.05) is 13.1 Å². The monoisotopic (exact) mass is 179 g/mol. The maximum Gasteiger partial charge on any atom is 0.0324 e. The molecule has 1 unspecified atom stereocenters. The van der Waals surface area contributed by atoms with Gasteiger partial charge in [0.25, 0.3) is 0 Å². The molecule has 1 nitrogen and oxygen atoms in total. The second-order valence-electron chi connectivity index (χ2n) is 3.62. The first-order chi connectivity index (χ1) is 6.11. The summed E-state index contributed by atoms with van der Waals surface area (Å²) in [5.74, 6) is 0.588. The van der Waals surface area contributed by atoms with Gasteiger partial charge in [-0.3, -0.25) is 0 Å². The smallest absolute Gasteiger partial charge is 0.0324 e. The van der Waals surface area contributed by atoms with Gasteiger partial charge in [-0.25, -0.2) is 0 Å². The molecule has 0 fully saturated rings. The van der Waals surface area contributed by atoms with Crippen LogP contribution in [-0.2, 0) is 0 Å². The van der Waals surface area contributed by atoms with Crippen LogP contribution >= 0.6 is 0 Å². The Labute approximate surface area is 82.2 Å². The molecule has 0 aromatic carbocycles. The molecule has 0 aliphatic carbocycles. The molecule has 0 saturated carbocycles. The van der Waals surface area contributed by atoms with Crippen molar-refractivity contribution in [1.29, 1.82) is 0 Å². The summed E-state index contributed by atoms with van der Waals surface area (Å²) in [4.78, 5) is 0. The van der Waals surface area contributed by atoms with Crippen LogP contribution in [0.5, 0.6) is 0 Å². The molecular weight excluding hydrogens is 158 g/mol. The molecule has 0 spiro atoms. The SMILES string of the molecule is C=C=CC(CCC(=C)C(C)C)NC. The van der Waals surface area contributed by atoms with Crippen LogP contribution in [0.15, 0.2) is 30.5 Å². The average molecular weight is 179 g/mol. The summed E-state index contributed by atoms with van der Waals surface area (Å²) in [6, 6.07) is 0.382. The number of likely N-dealkylation sites (N-methyl/N-ethyl adjacent to an activating group) is 1. The van der Waals surface area contributed by atoms with Crippen LogP contribution in [0.3, 0.4) is 0 Å². The van der Waals surface area contributed by atoms with Gasteiger partial charge >= 0.3 is 0 Å². The van der Waals surface area contributed by atoms with E-state index in [2.05, 4.69) is 38.1 Å². The highest BCUT2D eigenvalue weighted by molar-refractivity contribution is 5.00. The Morgan fingerprint density at radius 3 is 2.54 bits per heavy atom. The Morgan fingerprint density at radius 1 is 1.54 bits per heavy atom. The van der Waals surface area contributed by atoms with Gasteiger partial charge in [0.1, 0.15) is 0 Å². The first-order valence-electron chi connectivity index (χ1n) is 4.82. The van der Waals surface area contributed by atoms with Gasteiger partial charge in [0.15, 0.2) is 0 Å². The third-order valence-corrected chi connectivity index (χ3v) is 2.28. The van der Waals surface area contributed by atoms with Crippen molar-refractivity contribution >= 4 is 0 Å². The topological polar surface area (TPSA) is 12.0 Å². The molecule has 1 N–H and O–H groups in total. The Balaban J connectivity index is 3.85. The van der Waals surface area contributed by atoms with Crippen molar-refractivity contribution in [2.45, 2.75) is 32.7 Å². The van der Waals surface area contributed by atoms with Crippen molar-refractivity contribution in [1.82, 2.24) is 5.32 Å². The van der Waals surface area contributed by atoms with Crippen molar-refractivity contribution in [3.63, 3.8) is 0 Å². The van der Waals surface area contributed by atoms with E-state index >= 15 is 0 Å². The average Bonchev–Trinajstić information content (AvgIpc) is 2.11. The fraction of sp³-hybridized carbons (Fsp3) is 0.583. The molecule has 0 aromatic heterocycles. The molecule has 0 bridgehead atoms. The zero-order valence-electron chi connectivity index (χ0n) is 9.06. The van der Waals surface area contributed by atoms with Crippen LogP contribution in [0.4, 0.5) is 0 Å². The van der Waals surface area contributed by atoms with E-state index in [4.69, 9.17) is 0 Å². The summed E-state index contributed by atoms with van der Waals surface area (Å²) in [5, 5.41) is 3.20. The van der Waals surface area contributed by atoms with E-state index in [-0.39, 0.29) is 0 Å². The highest BCUT2D eigenvalue weighted by Gasteiger charge is 2.04. The molecular formula is C12H21N. The summed E-state index contributed by atoms with van der Waals surface area (Å²) < 4.78 is 0. The minimum Gasteiger partial charge on any atom is -0.313 e. The van der Waals surface area contributed by atoms with Gasteiger partial charge in [-0.2, -0.15) is 0 Å². The Morgan fingerprint density at radius 2 is 2.15 bits per heavy atom. The van der Waals surface area contributed by atoms with Gasteiger partial charge < -0.3 is 5.32 Å². The van der Waals surface area contributed by atoms with Crippen molar-refractivity contribution in [2.75, 3.05) is 7.05 Å². The van der Waals surface area contributed by atoms with Gasteiger partial charge in [0.2, 0.25) is 0 Å². The van der Waals surface area contributed by atoms with Crippen LogP contribution in [0.2, 0.25) is 0 Å². The lowest BCUT2D eigenvalue weighted by Crippen LogP contribution is -2.22. The number of allylic oxidation sites excluding steroid dienone is 1.